The fourth-order valence-electron chi connectivity index (χ4n) is 4.29. The number of ether oxygens (including phenoxy) is 3. The summed E-state index contributed by atoms with van der Waals surface area (Å²) in [5.41, 5.74) is 7.06. The molecule has 0 aliphatic carbocycles. The Labute approximate surface area is 195 Å². The van der Waals surface area contributed by atoms with E-state index in [1.807, 2.05) is 58.6 Å². The Hall–Kier alpha value is -2.67. The highest BCUT2D eigenvalue weighted by atomic mass is 32.1. The van der Waals surface area contributed by atoms with Crippen molar-refractivity contribution in [3.63, 3.8) is 0 Å². The lowest BCUT2D eigenvalue weighted by atomic mass is 9.89. The third kappa shape index (κ3) is 4.58. The third-order valence-corrected chi connectivity index (χ3v) is 6.27. The fourth-order valence-corrected chi connectivity index (χ4v) is 4.62. The van der Waals surface area contributed by atoms with Crippen LogP contribution in [0.15, 0.2) is 12.1 Å². The van der Waals surface area contributed by atoms with E-state index in [9.17, 15) is 4.79 Å². The number of carbonyl (C=O) groups excluding carboxylic acids is 1. The van der Waals surface area contributed by atoms with Crippen molar-refractivity contribution in [3.8, 4) is 11.5 Å². The molecule has 7 heteroatoms. The standard InChI is InChI=1S/C25H32N2O4S/c1-8-29-22(28)13-30-23-17(4)18(5)24-20(19(23)6)9-10-25(7,31-24)27(14-32)21-12-15(2)11-16(3)26-21/h11-12,14H,8-10,13H2,1-7H3. The molecule has 32 heavy (non-hydrogen) atoms. The number of rotatable bonds is 7. The smallest absolute Gasteiger partial charge is 0.344 e. The molecule has 0 saturated heterocycles. The van der Waals surface area contributed by atoms with E-state index in [4.69, 9.17) is 31.4 Å². The van der Waals surface area contributed by atoms with Gasteiger partial charge in [0, 0.05) is 17.7 Å². The Morgan fingerprint density at radius 1 is 1.22 bits per heavy atom. The van der Waals surface area contributed by atoms with E-state index in [1.54, 1.807) is 12.4 Å². The quantitative estimate of drug-likeness (QED) is 0.426. The lowest BCUT2D eigenvalue weighted by molar-refractivity contribution is -0.145. The second kappa shape index (κ2) is 9.45. The van der Waals surface area contributed by atoms with Crippen molar-refractivity contribution in [2.45, 2.75) is 67.0 Å². The van der Waals surface area contributed by atoms with Gasteiger partial charge in [-0.2, -0.15) is 0 Å². The van der Waals surface area contributed by atoms with E-state index in [1.165, 1.54) is 0 Å². The first-order valence-corrected chi connectivity index (χ1v) is 11.4. The number of benzene rings is 1. The van der Waals surface area contributed by atoms with E-state index < -0.39 is 5.72 Å². The summed E-state index contributed by atoms with van der Waals surface area (Å²) in [5, 5.41) is 0. The van der Waals surface area contributed by atoms with Gasteiger partial charge in [0.25, 0.3) is 0 Å². The molecule has 1 unspecified atom stereocenters. The average molecular weight is 457 g/mol. The van der Waals surface area contributed by atoms with E-state index in [-0.39, 0.29) is 12.6 Å². The maximum atomic E-state index is 11.8. The highest BCUT2D eigenvalue weighted by Gasteiger charge is 2.40. The summed E-state index contributed by atoms with van der Waals surface area (Å²) in [5.74, 6) is 1.99. The third-order valence-electron chi connectivity index (χ3n) is 6.06. The minimum absolute atomic E-state index is 0.108. The van der Waals surface area contributed by atoms with Crippen molar-refractivity contribution in [1.29, 1.82) is 0 Å². The van der Waals surface area contributed by atoms with Crippen molar-refractivity contribution < 1.29 is 19.0 Å². The monoisotopic (exact) mass is 456 g/mol. The molecular formula is C25H32N2O4S. The van der Waals surface area contributed by atoms with Crippen LogP contribution in [0, 0.1) is 34.6 Å². The number of hydrogen-bond acceptors (Lipinski definition) is 6. The zero-order valence-electron chi connectivity index (χ0n) is 20.0. The summed E-state index contributed by atoms with van der Waals surface area (Å²) in [4.78, 5) is 18.4. The van der Waals surface area contributed by atoms with Crippen molar-refractivity contribution in [2.24, 2.45) is 0 Å². The molecule has 3 rings (SSSR count). The number of anilines is 1. The van der Waals surface area contributed by atoms with Crippen LogP contribution >= 0.6 is 12.2 Å². The summed E-state index contributed by atoms with van der Waals surface area (Å²) in [6.45, 7) is 14.1. The molecule has 0 bridgehead atoms. The first-order valence-electron chi connectivity index (χ1n) is 10.9. The Morgan fingerprint density at radius 2 is 1.94 bits per heavy atom. The number of nitrogens with zero attached hydrogens (tertiary/aromatic N) is 2. The molecule has 0 fully saturated rings. The van der Waals surface area contributed by atoms with Crippen LogP contribution in [-0.2, 0) is 16.0 Å². The van der Waals surface area contributed by atoms with Gasteiger partial charge in [0.15, 0.2) is 12.3 Å². The van der Waals surface area contributed by atoms with E-state index >= 15 is 0 Å². The highest BCUT2D eigenvalue weighted by molar-refractivity contribution is 7.79. The number of esters is 1. The van der Waals surface area contributed by atoms with E-state index in [2.05, 4.69) is 0 Å². The molecule has 0 radical (unpaired) electrons. The molecule has 0 saturated carbocycles. The Balaban J connectivity index is 1.96. The van der Waals surface area contributed by atoms with Crippen LogP contribution in [0.1, 0.15) is 53.8 Å². The lowest BCUT2D eigenvalue weighted by Crippen LogP contribution is -2.53. The van der Waals surface area contributed by atoms with Gasteiger partial charge in [-0.05, 0) is 89.3 Å². The van der Waals surface area contributed by atoms with Crippen molar-refractivity contribution in [1.82, 2.24) is 4.98 Å². The number of fused-ring (bicyclic) bond motifs is 1. The van der Waals surface area contributed by atoms with Gasteiger partial charge in [0.2, 0.25) is 0 Å². The predicted octanol–water partition coefficient (Wildman–Crippen LogP) is 5.07. The molecule has 2 aromatic rings. The minimum Gasteiger partial charge on any atom is -0.481 e. The van der Waals surface area contributed by atoms with Gasteiger partial charge in [-0.3, -0.25) is 4.90 Å². The normalized spacial score (nSPS) is 17.2. The van der Waals surface area contributed by atoms with Crippen LogP contribution in [0.4, 0.5) is 5.82 Å². The topological polar surface area (TPSA) is 60.9 Å². The van der Waals surface area contributed by atoms with Gasteiger partial charge in [-0.1, -0.05) is 12.2 Å². The van der Waals surface area contributed by atoms with Gasteiger partial charge in [-0.25, -0.2) is 9.78 Å². The Bertz CT molecular complexity index is 1030. The molecule has 2 heterocycles. The van der Waals surface area contributed by atoms with Gasteiger partial charge in [0.1, 0.15) is 17.3 Å². The summed E-state index contributed by atoms with van der Waals surface area (Å²) >= 11 is 5.40. The number of carbonyl (C=O) groups is 1. The molecule has 1 aromatic carbocycles. The summed E-state index contributed by atoms with van der Waals surface area (Å²) < 4.78 is 17.5. The van der Waals surface area contributed by atoms with Crippen LogP contribution in [0.25, 0.3) is 0 Å². The maximum absolute atomic E-state index is 11.8. The molecule has 0 N–H and O–H groups in total. The van der Waals surface area contributed by atoms with Gasteiger partial charge < -0.3 is 14.2 Å². The largest absolute Gasteiger partial charge is 0.481 e. The zero-order valence-corrected chi connectivity index (χ0v) is 20.8. The first-order chi connectivity index (χ1) is 15.1. The molecule has 6 nitrogen and oxygen atoms in total. The predicted molar refractivity (Wildman–Crippen MR) is 130 cm³/mol. The number of thiocarbonyl (C=S) groups is 1. The highest BCUT2D eigenvalue weighted by Crippen LogP contribution is 2.45. The zero-order chi connectivity index (χ0) is 23.6. The molecule has 1 aliphatic heterocycles. The van der Waals surface area contributed by atoms with Crippen LogP contribution in [0.2, 0.25) is 0 Å². The second-order valence-corrected chi connectivity index (χ2v) is 8.71. The number of hydrogen-bond donors (Lipinski definition) is 0. The fraction of sp³-hybridized carbons (Fsp3) is 0.480. The van der Waals surface area contributed by atoms with E-state index in [0.29, 0.717) is 6.61 Å². The maximum Gasteiger partial charge on any atom is 0.344 e. The molecule has 1 aliphatic rings. The van der Waals surface area contributed by atoms with E-state index in [0.717, 1.165) is 63.7 Å². The molecule has 1 aromatic heterocycles. The lowest BCUT2D eigenvalue weighted by Gasteiger charge is -2.44. The molecule has 0 spiro atoms. The molecule has 1 atom stereocenters. The van der Waals surface area contributed by atoms with Crippen molar-refractivity contribution in [3.05, 3.63) is 45.6 Å². The van der Waals surface area contributed by atoms with Gasteiger partial charge in [0.05, 0.1) is 12.1 Å². The van der Waals surface area contributed by atoms with Crippen LogP contribution in [0.3, 0.4) is 0 Å². The number of aryl methyl sites for hydroxylation is 2. The molecule has 0 amide bonds. The average Bonchev–Trinajstić information content (AvgIpc) is 2.72. The Morgan fingerprint density at radius 3 is 2.56 bits per heavy atom. The van der Waals surface area contributed by atoms with Crippen LogP contribution < -0.4 is 14.4 Å². The SMILES string of the molecule is CCOC(=O)COc1c(C)c(C)c2c(c1C)CCC(C)(N(C=S)c1cc(C)cc(C)n1)O2. The first kappa shape index (κ1) is 24.0. The van der Waals surface area contributed by atoms with Crippen LogP contribution in [0.5, 0.6) is 11.5 Å². The Kier molecular flexibility index (Phi) is 7.08. The van der Waals surface area contributed by atoms with Crippen LogP contribution in [-0.4, -0.2) is 35.4 Å². The molecular weight excluding hydrogens is 424 g/mol. The summed E-state index contributed by atoms with van der Waals surface area (Å²) in [6, 6.07) is 4.06. The van der Waals surface area contributed by atoms with Crippen molar-refractivity contribution in [2.75, 3.05) is 18.1 Å². The second-order valence-electron chi connectivity index (χ2n) is 8.50. The van der Waals surface area contributed by atoms with Crippen molar-refractivity contribution >= 4 is 29.5 Å². The van der Waals surface area contributed by atoms with Gasteiger partial charge >= 0.3 is 5.97 Å². The molecule has 172 valence electrons. The minimum atomic E-state index is -0.668. The van der Waals surface area contributed by atoms with Gasteiger partial charge in [-0.15, -0.1) is 0 Å². The number of pyridine rings is 1. The summed E-state index contributed by atoms with van der Waals surface area (Å²) in [7, 11) is 0. The summed E-state index contributed by atoms with van der Waals surface area (Å²) in [6.07, 6.45) is 1.52. The number of aromatic nitrogens is 1.